The molecular weight excluding hydrogens is 209 g/mol. The Morgan fingerprint density at radius 1 is 1.14 bits per heavy atom. The third kappa shape index (κ3) is 1.75. The molecule has 1 heterocycles. The second-order valence-corrected chi connectivity index (χ2v) is 2.45. The molecule has 0 saturated carbocycles. The average molecular weight is 212 g/mol. The molecule has 1 aromatic heterocycles. The van der Waals surface area contributed by atoms with Gasteiger partial charge < -0.3 is 0 Å². The molecule has 7 heteroatoms. The van der Waals surface area contributed by atoms with Crippen molar-refractivity contribution in [2.24, 2.45) is 0 Å². The first kappa shape index (κ1) is 10.7. The number of hydrogen-bond acceptors (Lipinski definition) is 1. The van der Waals surface area contributed by atoms with E-state index in [0.717, 1.165) is 6.07 Å². The van der Waals surface area contributed by atoms with E-state index in [1.165, 1.54) is 0 Å². The van der Waals surface area contributed by atoms with E-state index in [4.69, 9.17) is 0 Å². The summed E-state index contributed by atoms with van der Waals surface area (Å²) in [6.07, 6.45) is -5.13. The highest BCUT2D eigenvalue weighted by Crippen LogP contribution is 2.43. The Labute approximate surface area is 75.0 Å². The Bertz CT molecular complexity index is 335. The zero-order valence-electron chi connectivity index (χ0n) is 6.48. The molecule has 1 rings (SSSR count). The molecule has 1 aromatic rings. The second kappa shape index (κ2) is 3.07. The van der Waals surface area contributed by atoms with Crippen molar-refractivity contribution >= 4 is 0 Å². The summed E-state index contributed by atoms with van der Waals surface area (Å²) in [5.41, 5.74) is -1.59. The van der Waals surface area contributed by atoms with Crippen molar-refractivity contribution in [2.45, 2.75) is 12.1 Å². The van der Waals surface area contributed by atoms with Gasteiger partial charge in [-0.15, -0.1) is 0 Å². The summed E-state index contributed by atoms with van der Waals surface area (Å²) in [4.78, 5) is 2.81. The van der Waals surface area contributed by atoms with Crippen LogP contribution in [-0.4, -0.2) is 11.2 Å². The van der Waals surface area contributed by atoms with Gasteiger partial charge in [0.05, 0.1) is 0 Å². The molecule has 0 aliphatic carbocycles. The molecule has 0 atom stereocenters. The van der Waals surface area contributed by atoms with Gasteiger partial charge in [-0.25, -0.2) is 0 Å². The molecule has 0 bridgehead atoms. The molecule has 14 heavy (non-hydrogen) atoms. The van der Waals surface area contributed by atoms with Crippen molar-refractivity contribution in [3.63, 3.8) is 0 Å². The van der Waals surface area contributed by atoms with Gasteiger partial charge in [-0.2, -0.15) is 22.0 Å². The van der Waals surface area contributed by atoms with Crippen molar-refractivity contribution in [1.82, 2.24) is 4.98 Å². The van der Waals surface area contributed by atoms with Gasteiger partial charge in [-0.05, 0) is 0 Å². The van der Waals surface area contributed by atoms with Crippen LogP contribution < -0.4 is 0 Å². The molecule has 0 aromatic carbocycles. The second-order valence-electron chi connectivity index (χ2n) is 2.45. The van der Waals surface area contributed by atoms with Gasteiger partial charge in [0.2, 0.25) is 0 Å². The number of alkyl halides is 5. The summed E-state index contributed by atoms with van der Waals surface area (Å²) in [6.45, 7) is 0. The molecule has 0 unspecified atom stereocenters. The Morgan fingerprint density at radius 3 is 2.14 bits per heavy atom. The van der Waals surface area contributed by atoms with Crippen molar-refractivity contribution in [3.8, 4) is 5.75 Å². The first-order valence-corrected chi connectivity index (χ1v) is 3.33. The maximum absolute atomic E-state index is 12.5. The fraction of sp³-hybridized carbons (Fsp3) is 0.286. The van der Waals surface area contributed by atoms with E-state index in [1.807, 2.05) is 0 Å². The Balaban J connectivity index is 3.16. The SMILES string of the molecule is [O]c1ccnc(C(F)(F)C(F)(F)F)c1. The molecule has 2 nitrogen and oxygen atoms in total. The molecule has 1 radical (unpaired) electrons. The quantitative estimate of drug-likeness (QED) is 0.658. The van der Waals surface area contributed by atoms with Gasteiger partial charge in [-0.1, -0.05) is 0 Å². The minimum absolute atomic E-state index is 0.160. The summed E-state index contributed by atoms with van der Waals surface area (Å²) in [5, 5.41) is 10.5. The number of pyridine rings is 1. The van der Waals surface area contributed by atoms with E-state index in [2.05, 4.69) is 4.98 Å². The number of halogens is 5. The lowest BCUT2D eigenvalue weighted by molar-refractivity contribution is -0.291. The first-order chi connectivity index (χ1) is 6.25. The van der Waals surface area contributed by atoms with Gasteiger partial charge in [0.25, 0.3) is 0 Å². The van der Waals surface area contributed by atoms with Crippen LogP contribution in [0.1, 0.15) is 5.69 Å². The number of hydrogen-bond donors (Lipinski definition) is 0. The van der Waals surface area contributed by atoms with E-state index >= 15 is 0 Å². The topological polar surface area (TPSA) is 32.8 Å². The third-order valence-corrected chi connectivity index (χ3v) is 1.41. The van der Waals surface area contributed by atoms with Crippen molar-refractivity contribution in [3.05, 3.63) is 24.0 Å². The third-order valence-electron chi connectivity index (χ3n) is 1.41. The lowest BCUT2D eigenvalue weighted by Crippen LogP contribution is -2.34. The van der Waals surface area contributed by atoms with Crippen molar-refractivity contribution in [2.75, 3.05) is 0 Å². The Morgan fingerprint density at radius 2 is 1.71 bits per heavy atom. The lowest BCUT2D eigenvalue weighted by atomic mass is 10.2. The molecule has 0 aliphatic heterocycles. The summed E-state index contributed by atoms with van der Waals surface area (Å²) in [6, 6.07) is 0.948. The molecule has 0 spiro atoms. The molecule has 0 amide bonds. The lowest BCUT2D eigenvalue weighted by Gasteiger charge is -2.18. The number of rotatable bonds is 1. The summed E-state index contributed by atoms with van der Waals surface area (Å²) in [7, 11) is 0. The minimum atomic E-state index is -5.74. The van der Waals surface area contributed by atoms with Crippen LogP contribution in [0.5, 0.6) is 5.75 Å². The van der Waals surface area contributed by atoms with Gasteiger partial charge >= 0.3 is 12.1 Å². The zero-order valence-corrected chi connectivity index (χ0v) is 6.48. The largest absolute Gasteiger partial charge is 0.459 e. The van der Waals surface area contributed by atoms with Crippen LogP contribution in [0.2, 0.25) is 0 Å². The smallest absolute Gasteiger partial charge is 0.290 e. The first-order valence-electron chi connectivity index (χ1n) is 3.33. The molecular formula is C7H3F5NO. The highest BCUT2D eigenvalue weighted by Gasteiger charge is 2.60. The highest BCUT2D eigenvalue weighted by atomic mass is 19.4. The summed E-state index contributed by atoms with van der Waals surface area (Å²) >= 11 is 0. The van der Waals surface area contributed by atoms with E-state index in [1.54, 1.807) is 0 Å². The fourth-order valence-electron chi connectivity index (χ4n) is 0.728. The van der Waals surface area contributed by atoms with Crippen molar-refractivity contribution < 1.29 is 27.1 Å². The number of nitrogens with zero attached hydrogens (tertiary/aromatic N) is 1. The van der Waals surface area contributed by atoms with E-state index in [-0.39, 0.29) is 6.07 Å². The van der Waals surface area contributed by atoms with Crippen LogP contribution >= 0.6 is 0 Å². The Hall–Kier alpha value is -1.40. The van der Waals surface area contributed by atoms with Crippen LogP contribution in [0.4, 0.5) is 22.0 Å². The monoisotopic (exact) mass is 212 g/mol. The molecule has 0 N–H and O–H groups in total. The van der Waals surface area contributed by atoms with E-state index < -0.39 is 23.5 Å². The predicted octanol–water partition coefficient (Wildman–Crippen LogP) is 2.88. The van der Waals surface area contributed by atoms with Crippen LogP contribution in [0.15, 0.2) is 18.3 Å². The normalized spacial score (nSPS) is 12.9. The number of aromatic nitrogens is 1. The molecule has 0 aliphatic rings. The van der Waals surface area contributed by atoms with Crippen LogP contribution in [0, 0.1) is 0 Å². The van der Waals surface area contributed by atoms with Crippen LogP contribution in [0.3, 0.4) is 0 Å². The van der Waals surface area contributed by atoms with Gasteiger partial charge in [0.15, 0.2) is 5.75 Å². The van der Waals surface area contributed by atoms with E-state index in [0.29, 0.717) is 6.20 Å². The average Bonchev–Trinajstić information content (AvgIpc) is 2.02. The summed E-state index contributed by atoms with van der Waals surface area (Å²) < 4.78 is 60.3. The summed E-state index contributed by atoms with van der Waals surface area (Å²) in [5.74, 6) is -6.04. The standard InChI is InChI=1S/C7H3F5NO/c8-6(9,7(10,11)12)5-3-4(14)1-2-13-5/h1-3H. The minimum Gasteiger partial charge on any atom is -0.290 e. The molecule has 77 valence electrons. The van der Waals surface area contributed by atoms with E-state index in [9.17, 15) is 27.1 Å². The van der Waals surface area contributed by atoms with Gasteiger partial charge in [0, 0.05) is 18.3 Å². The zero-order chi connectivity index (χ0) is 11.0. The van der Waals surface area contributed by atoms with Crippen molar-refractivity contribution in [1.29, 1.82) is 0 Å². The maximum Gasteiger partial charge on any atom is 0.459 e. The predicted molar refractivity (Wildman–Crippen MR) is 34.3 cm³/mol. The van der Waals surface area contributed by atoms with Crippen LogP contribution in [-0.2, 0) is 11.0 Å². The maximum atomic E-state index is 12.5. The fourth-order valence-corrected chi connectivity index (χ4v) is 0.728. The highest BCUT2D eigenvalue weighted by molar-refractivity contribution is 5.24. The van der Waals surface area contributed by atoms with Crippen LogP contribution in [0.25, 0.3) is 0 Å². The molecule has 0 saturated heterocycles. The van der Waals surface area contributed by atoms with Gasteiger partial charge in [0.1, 0.15) is 5.69 Å². The van der Waals surface area contributed by atoms with Gasteiger partial charge in [-0.3, -0.25) is 10.1 Å². The molecule has 0 fully saturated rings. The Kier molecular flexibility index (Phi) is 2.34.